The van der Waals surface area contributed by atoms with Crippen molar-refractivity contribution in [2.45, 2.75) is 26.0 Å². The largest absolute Gasteiger partial charge is 0.465 e. The van der Waals surface area contributed by atoms with Gasteiger partial charge in [0.1, 0.15) is 5.01 Å². The van der Waals surface area contributed by atoms with E-state index in [0.29, 0.717) is 12.3 Å². The number of aryl methyl sites for hydroxylation is 1. The van der Waals surface area contributed by atoms with Crippen molar-refractivity contribution in [1.29, 1.82) is 0 Å². The summed E-state index contributed by atoms with van der Waals surface area (Å²) in [6.07, 6.45) is 0. The van der Waals surface area contributed by atoms with E-state index in [1.165, 1.54) is 22.0 Å². The maximum absolute atomic E-state index is 12.3. The highest BCUT2D eigenvalue weighted by Crippen LogP contribution is 2.31. The fourth-order valence-electron chi connectivity index (χ4n) is 2.57. The van der Waals surface area contributed by atoms with Crippen molar-refractivity contribution in [3.63, 3.8) is 0 Å². The van der Waals surface area contributed by atoms with Gasteiger partial charge in [-0.15, -0.1) is 23.1 Å². The minimum atomic E-state index is -0.350. The van der Waals surface area contributed by atoms with Crippen molar-refractivity contribution in [3.05, 3.63) is 48.0 Å². The molecular formula is C21H22N2O3S2. The lowest BCUT2D eigenvalue weighted by Gasteiger charge is -2.12. The van der Waals surface area contributed by atoms with E-state index >= 15 is 0 Å². The van der Waals surface area contributed by atoms with Crippen LogP contribution in [0.5, 0.6) is 0 Å². The van der Waals surface area contributed by atoms with E-state index in [9.17, 15) is 9.59 Å². The molecule has 0 saturated heterocycles. The number of anilines is 1. The number of carbonyl (C=O) groups is 2. The summed E-state index contributed by atoms with van der Waals surface area (Å²) in [7, 11) is 0. The fraction of sp³-hybridized carbons (Fsp3) is 0.286. The van der Waals surface area contributed by atoms with Crippen LogP contribution in [-0.4, -0.2) is 34.5 Å². The highest BCUT2D eigenvalue weighted by atomic mass is 32.2. The number of nitrogens with zero attached hydrogens (tertiary/aromatic N) is 1. The zero-order chi connectivity index (χ0) is 20.1. The molecule has 0 bridgehead atoms. The second kappa shape index (κ2) is 9.21. The fourth-order valence-corrected chi connectivity index (χ4v) is 4.32. The van der Waals surface area contributed by atoms with Crippen LogP contribution >= 0.6 is 23.1 Å². The normalized spacial score (nSPS) is 12.0. The third-order valence-electron chi connectivity index (χ3n) is 4.07. The van der Waals surface area contributed by atoms with Gasteiger partial charge in [-0.2, -0.15) is 0 Å². The molecule has 3 aromatic rings. The van der Waals surface area contributed by atoms with Gasteiger partial charge in [-0.25, -0.2) is 4.98 Å². The molecule has 28 heavy (non-hydrogen) atoms. The van der Waals surface area contributed by atoms with Crippen LogP contribution in [0.3, 0.4) is 0 Å². The van der Waals surface area contributed by atoms with E-state index < -0.39 is 0 Å². The highest BCUT2D eigenvalue weighted by Gasteiger charge is 2.16. The average molecular weight is 415 g/mol. The first-order valence-electron chi connectivity index (χ1n) is 9.02. The molecule has 0 aliphatic rings. The van der Waals surface area contributed by atoms with E-state index in [1.54, 1.807) is 25.2 Å². The number of aromatic nitrogens is 1. The van der Waals surface area contributed by atoms with Gasteiger partial charge in [0.15, 0.2) is 0 Å². The summed E-state index contributed by atoms with van der Waals surface area (Å²) in [4.78, 5) is 28.4. The number of hydrogen-bond donors (Lipinski definition) is 1. The second-order valence-electron chi connectivity index (χ2n) is 6.32. The van der Waals surface area contributed by atoms with Crippen LogP contribution in [0, 0.1) is 6.92 Å². The smallest absolute Gasteiger partial charge is 0.315 e. The van der Waals surface area contributed by atoms with Crippen molar-refractivity contribution in [1.82, 2.24) is 4.98 Å². The van der Waals surface area contributed by atoms with Crippen molar-refractivity contribution in [2.24, 2.45) is 0 Å². The molecule has 2 aromatic carbocycles. The zero-order valence-corrected chi connectivity index (χ0v) is 17.7. The molecule has 1 heterocycles. The summed E-state index contributed by atoms with van der Waals surface area (Å²) in [6.45, 7) is 5.96. The van der Waals surface area contributed by atoms with E-state index in [0.717, 1.165) is 16.1 Å². The molecule has 1 aromatic heterocycles. The first kappa shape index (κ1) is 20.4. The van der Waals surface area contributed by atoms with Crippen LogP contribution in [0.25, 0.3) is 20.8 Å². The summed E-state index contributed by atoms with van der Waals surface area (Å²) >= 11 is 2.92. The molecule has 0 aliphatic heterocycles. The number of thioether (sulfide) groups is 1. The molecule has 1 N–H and O–H groups in total. The Bertz CT molecular complexity index is 983. The minimum Gasteiger partial charge on any atom is -0.465 e. The molecule has 0 saturated carbocycles. The number of ether oxygens (including phenoxy) is 1. The molecular weight excluding hydrogens is 392 g/mol. The molecule has 3 rings (SSSR count). The Hall–Kier alpha value is -2.38. The third kappa shape index (κ3) is 5.11. The molecule has 0 aliphatic carbocycles. The van der Waals surface area contributed by atoms with Gasteiger partial charge in [-0.3, -0.25) is 9.59 Å². The molecule has 1 amide bonds. The number of amides is 1. The number of hydrogen-bond acceptors (Lipinski definition) is 6. The predicted octanol–water partition coefficient (Wildman–Crippen LogP) is 4.90. The zero-order valence-electron chi connectivity index (χ0n) is 16.0. The number of esters is 1. The van der Waals surface area contributed by atoms with Crippen LogP contribution in [0.4, 0.5) is 5.69 Å². The number of rotatable bonds is 7. The minimum absolute atomic E-state index is 0.141. The third-order valence-corrected chi connectivity index (χ3v) is 6.25. The lowest BCUT2D eigenvalue weighted by molar-refractivity contribution is -0.139. The van der Waals surface area contributed by atoms with E-state index in [2.05, 4.69) is 29.4 Å². The van der Waals surface area contributed by atoms with Crippen molar-refractivity contribution in [3.8, 4) is 10.6 Å². The summed E-state index contributed by atoms with van der Waals surface area (Å²) in [6, 6.07) is 13.9. The van der Waals surface area contributed by atoms with Gasteiger partial charge in [0.25, 0.3) is 0 Å². The second-order valence-corrected chi connectivity index (χ2v) is 8.67. The Kier molecular flexibility index (Phi) is 6.70. The van der Waals surface area contributed by atoms with Gasteiger partial charge in [-0.1, -0.05) is 6.07 Å². The Morgan fingerprint density at radius 3 is 2.68 bits per heavy atom. The van der Waals surface area contributed by atoms with Gasteiger partial charge in [-0.05, 0) is 62.7 Å². The van der Waals surface area contributed by atoms with Crippen LogP contribution < -0.4 is 5.32 Å². The predicted molar refractivity (Wildman–Crippen MR) is 117 cm³/mol. The Balaban J connectivity index is 1.62. The van der Waals surface area contributed by atoms with E-state index in [-0.39, 0.29) is 22.9 Å². The number of benzene rings is 2. The number of thiazole rings is 1. The molecule has 0 spiro atoms. The molecule has 0 radical (unpaired) electrons. The van der Waals surface area contributed by atoms with E-state index in [4.69, 9.17) is 4.74 Å². The van der Waals surface area contributed by atoms with Crippen molar-refractivity contribution >= 4 is 50.9 Å². The van der Waals surface area contributed by atoms with Crippen molar-refractivity contribution < 1.29 is 14.3 Å². The van der Waals surface area contributed by atoms with Crippen LogP contribution in [0.2, 0.25) is 0 Å². The number of carbonyl (C=O) groups excluding carboxylic acids is 2. The van der Waals surface area contributed by atoms with Crippen LogP contribution in [-0.2, 0) is 14.3 Å². The van der Waals surface area contributed by atoms with Crippen LogP contribution in [0.1, 0.15) is 19.4 Å². The van der Waals surface area contributed by atoms with Gasteiger partial charge in [0, 0.05) is 11.3 Å². The highest BCUT2D eigenvalue weighted by molar-refractivity contribution is 8.01. The van der Waals surface area contributed by atoms with E-state index in [1.807, 2.05) is 30.3 Å². The lowest BCUT2D eigenvalue weighted by Crippen LogP contribution is -2.24. The first-order chi connectivity index (χ1) is 13.5. The van der Waals surface area contributed by atoms with Gasteiger partial charge in [0.05, 0.1) is 27.8 Å². The molecule has 146 valence electrons. The quantitative estimate of drug-likeness (QED) is 0.557. The van der Waals surface area contributed by atoms with Crippen LogP contribution in [0.15, 0.2) is 42.5 Å². The van der Waals surface area contributed by atoms with Gasteiger partial charge >= 0.3 is 5.97 Å². The topological polar surface area (TPSA) is 68.3 Å². The van der Waals surface area contributed by atoms with Gasteiger partial charge in [0.2, 0.25) is 5.91 Å². The lowest BCUT2D eigenvalue weighted by atomic mass is 10.2. The standard InChI is InChI=1S/C21H22N2O3S2/c1-4-26-19(24)12-27-14(3)20(25)22-16-8-6-15(7-9-16)21-23-17-10-5-13(2)11-18(17)28-21/h5-11,14H,4,12H2,1-3H3,(H,22,25). The average Bonchev–Trinajstić information content (AvgIpc) is 3.10. The Labute approximate surface area is 172 Å². The first-order valence-corrected chi connectivity index (χ1v) is 10.9. The summed E-state index contributed by atoms with van der Waals surface area (Å²) < 4.78 is 6.04. The maximum atomic E-state index is 12.3. The summed E-state index contributed by atoms with van der Waals surface area (Å²) in [5.74, 6) is -0.279. The molecule has 1 atom stereocenters. The number of fused-ring (bicyclic) bond motifs is 1. The summed E-state index contributed by atoms with van der Waals surface area (Å²) in [5, 5.41) is 3.49. The Morgan fingerprint density at radius 1 is 1.21 bits per heavy atom. The monoisotopic (exact) mass is 414 g/mol. The SMILES string of the molecule is CCOC(=O)CSC(C)C(=O)Nc1ccc(-c2nc3ccc(C)cc3s2)cc1. The summed E-state index contributed by atoms with van der Waals surface area (Å²) in [5.41, 5.74) is 3.95. The maximum Gasteiger partial charge on any atom is 0.315 e. The van der Waals surface area contributed by atoms with Crippen molar-refractivity contribution in [2.75, 3.05) is 17.7 Å². The molecule has 1 unspecified atom stereocenters. The van der Waals surface area contributed by atoms with Gasteiger partial charge < -0.3 is 10.1 Å². The molecule has 0 fully saturated rings. The number of nitrogens with one attached hydrogen (secondary N) is 1. The molecule has 7 heteroatoms. The molecule has 5 nitrogen and oxygen atoms in total. The Morgan fingerprint density at radius 2 is 1.96 bits per heavy atom.